The van der Waals surface area contributed by atoms with Crippen LogP contribution in [-0.4, -0.2) is 46.6 Å². The lowest BCUT2D eigenvalue weighted by atomic mass is 10.2. The molecule has 0 aromatic heterocycles. The van der Waals surface area contributed by atoms with Gasteiger partial charge in [0.2, 0.25) is 0 Å². The van der Waals surface area contributed by atoms with E-state index >= 15 is 0 Å². The molecule has 1 aromatic carbocycles. The zero-order valence-electron chi connectivity index (χ0n) is 12.5. The SMILES string of the molecule is CCc1cccc(OCC(O)CNCC(C)S(C)=O)c1. The Labute approximate surface area is 124 Å². The number of benzene rings is 1. The van der Waals surface area contributed by atoms with Gasteiger partial charge in [-0.05, 0) is 31.0 Å². The Morgan fingerprint density at radius 2 is 2.15 bits per heavy atom. The van der Waals surface area contributed by atoms with Crippen molar-refractivity contribution in [2.75, 3.05) is 26.0 Å². The van der Waals surface area contributed by atoms with Gasteiger partial charge in [-0.3, -0.25) is 4.21 Å². The van der Waals surface area contributed by atoms with Crippen LogP contribution >= 0.6 is 0 Å². The smallest absolute Gasteiger partial charge is 0.119 e. The summed E-state index contributed by atoms with van der Waals surface area (Å²) >= 11 is 0. The van der Waals surface area contributed by atoms with E-state index in [2.05, 4.69) is 18.3 Å². The van der Waals surface area contributed by atoms with Gasteiger partial charge in [-0.25, -0.2) is 0 Å². The van der Waals surface area contributed by atoms with Crippen molar-refractivity contribution in [1.82, 2.24) is 5.32 Å². The molecule has 0 spiro atoms. The van der Waals surface area contributed by atoms with Gasteiger partial charge in [0.15, 0.2) is 0 Å². The minimum Gasteiger partial charge on any atom is -0.491 e. The molecule has 4 nitrogen and oxygen atoms in total. The highest BCUT2D eigenvalue weighted by Gasteiger charge is 2.08. The van der Waals surface area contributed by atoms with E-state index < -0.39 is 16.9 Å². The summed E-state index contributed by atoms with van der Waals surface area (Å²) in [7, 11) is -0.838. The molecule has 0 aliphatic heterocycles. The second-order valence-electron chi connectivity index (χ2n) is 4.93. The number of rotatable bonds is 9. The molecule has 1 rings (SSSR count). The van der Waals surface area contributed by atoms with Gasteiger partial charge in [0.1, 0.15) is 18.5 Å². The number of aliphatic hydroxyl groups excluding tert-OH is 1. The Bertz CT molecular complexity index is 425. The van der Waals surface area contributed by atoms with Crippen molar-refractivity contribution in [2.45, 2.75) is 31.6 Å². The van der Waals surface area contributed by atoms with E-state index in [9.17, 15) is 9.32 Å². The molecule has 114 valence electrons. The first-order valence-electron chi connectivity index (χ1n) is 6.95. The Kier molecular flexibility index (Phi) is 7.80. The van der Waals surface area contributed by atoms with Gasteiger partial charge >= 0.3 is 0 Å². The van der Waals surface area contributed by atoms with Crippen LogP contribution in [0.5, 0.6) is 5.75 Å². The van der Waals surface area contributed by atoms with Gasteiger partial charge in [-0.15, -0.1) is 0 Å². The summed E-state index contributed by atoms with van der Waals surface area (Å²) in [5.74, 6) is 0.784. The van der Waals surface area contributed by atoms with Crippen LogP contribution in [0.3, 0.4) is 0 Å². The highest BCUT2D eigenvalue weighted by Crippen LogP contribution is 2.13. The lowest BCUT2D eigenvalue weighted by Crippen LogP contribution is -2.36. The van der Waals surface area contributed by atoms with Gasteiger partial charge in [-0.2, -0.15) is 0 Å². The molecule has 0 amide bonds. The highest BCUT2D eigenvalue weighted by atomic mass is 32.2. The molecule has 2 N–H and O–H groups in total. The van der Waals surface area contributed by atoms with Gasteiger partial charge in [0, 0.05) is 35.4 Å². The van der Waals surface area contributed by atoms with E-state index in [1.165, 1.54) is 5.56 Å². The van der Waals surface area contributed by atoms with Crippen LogP contribution in [0.15, 0.2) is 24.3 Å². The maximum Gasteiger partial charge on any atom is 0.119 e. The first-order chi connectivity index (χ1) is 9.52. The molecule has 3 atom stereocenters. The molecule has 1 aromatic rings. The average molecular weight is 299 g/mol. The topological polar surface area (TPSA) is 58.6 Å². The van der Waals surface area contributed by atoms with E-state index in [0.717, 1.165) is 12.2 Å². The standard InChI is InChI=1S/C15H25NO3S/c1-4-13-6-5-7-15(8-13)19-11-14(17)10-16-9-12(2)20(3)18/h5-8,12,14,16-17H,4,9-11H2,1-3H3. The maximum absolute atomic E-state index is 11.2. The van der Waals surface area contributed by atoms with Crippen molar-refractivity contribution >= 4 is 10.8 Å². The minimum atomic E-state index is -0.838. The summed E-state index contributed by atoms with van der Waals surface area (Å²) in [5, 5.41) is 13.0. The third-order valence-corrected chi connectivity index (χ3v) is 4.43. The summed E-state index contributed by atoms with van der Waals surface area (Å²) in [4.78, 5) is 0. The van der Waals surface area contributed by atoms with Crippen LogP contribution in [0.25, 0.3) is 0 Å². The zero-order valence-corrected chi connectivity index (χ0v) is 13.3. The fourth-order valence-corrected chi connectivity index (χ4v) is 2.03. The number of aryl methyl sites for hydroxylation is 1. The van der Waals surface area contributed by atoms with E-state index in [0.29, 0.717) is 13.1 Å². The molecular weight excluding hydrogens is 274 g/mol. The molecule has 0 heterocycles. The Morgan fingerprint density at radius 1 is 1.40 bits per heavy atom. The normalized spacial score (nSPS) is 15.6. The fraction of sp³-hybridized carbons (Fsp3) is 0.600. The second-order valence-corrected chi connectivity index (χ2v) is 6.74. The van der Waals surface area contributed by atoms with Crippen molar-refractivity contribution in [2.24, 2.45) is 0 Å². The molecule has 20 heavy (non-hydrogen) atoms. The van der Waals surface area contributed by atoms with Gasteiger partial charge in [0.05, 0.1) is 0 Å². The van der Waals surface area contributed by atoms with Crippen LogP contribution in [0.4, 0.5) is 0 Å². The monoisotopic (exact) mass is 299 g/mol. The van der Waals surface area contributed by atoms with Crippen molar-refractivity contribution in [3.05, 3.63) is 29.8 Å². The van der Waals surface area contributed by atoms with Crippen molar-refractivity contribution < 1.29 is 14.1 Å². The predicted molar refractivity (Wildman–Crippen MR) is 83.7 cm³/mol. The van der Waals surface area contributed by atoms with E-state index in [-0.39, 0.29) is 11.9 Å². The largest absolute Gasteiger partial charge is 0.491 e. The number of aliphatic hydroxyl groups is 1. The van der Waals surface area contributed by atoms with E-state index in [4.69, 9.17) is 4.74 Å². The highest BCUT2D eigenvalue weighted by molar-refractivity contribution is 7.84. The lowest BCUT2D eigenvalue weighted by molar-refractivity contribution is 0.106. The average Bonchev–Trinajstić information content (AvgIpc) is 2.45. The minimum absolute atomic E-state index is 0.0874. The maximum atomic E-state index is 11.2. The summed E-state index contributed by atoms with van der Waals surface area (Å²) < 4.78 is 16.7. The first kappa shape index (κ1) is 17.1. The third-order valence-electron chi connectivity index (χ3n) is 3.13. The van der Waals surface area contributed by atoms with Crippen LogP contribution in [-0.2, 0) is 17.2 Å². The molecule has 0 saturated carbocycles. The van der Waals surface area contributed by atoms with Gasteiger partial charge < -0.3 is 15.2 Å². The van der Waals surface area contributed by atoms with E-state index in [1.807, 2.05) is 25.1 Å². The molecule has 0 fully saturated rings. The number of hydrogen-bond acceptors (Lipinski definition) is 4. The van der Waals surface area contributed by atoms with Crippen LogP contribution in [0.1, 0.15) is 19.4 Å². The second kappa shape index (κ2) is 9.10. The molecule has 3 unspecified atom stereocenters. The quantitative estimate of drug-likeness (QED) is 0.722. The summed E-state index contributed by atoms with van der Waals surface area (Å²) in [6.45, 7) is 5.34. The van der Waals surface area contributed by atoms with Gasteiger partial charge in [0.25, 0.3) is 0 Å². The molecule has 0 radical (unpaired) electrons. The Morgan fingerprint density at radius 3 is 2.80 bits per heavy atom. The molecule has 0 saturated heterocycles. The third kappa shape index (κ3) is 6.50. The number of nitrogens with one attached hydrogen (secondary N) is 1. The summed E-state index contributed by atoms with van der Waals surface area (Å²) in [5.41, 5.74) is 1.22. The Balaban J connectivity index is 2.25. The van der Waals surface area contributed by atoms with Crippen molar-refractivity contribution in [3.63, 3.8) is 0 Å². The molecule has 0 aliphatic rings. The Hall–Kier alpha value is -0.910. The van der Waals surface area contributed by atoms with Gasteiger partial charge in [-0.1, -0.05) is 19.1 Å². The number of hydrogen-bond donors (Lipinski definition) is 2. The van der Waals surface area contributed by atoms with Crippen molar-refractivity contribution in [3.8, 4) is 5.75 Å². The van der Waals surface area contributed by atoms with Crippen LogP contribution in [0, 0.1) is 0 Å². The molecule has 5 heteroatoms. The lowest BCUT2D eigenvalue weighted by Gasteiger charge is -2.15. The predicted octanol–water partition coefficient (Wildman–Crippen LogP) is 1.35. The molecule has 0 bridgehead atoms. The van der Waals surface area contributed by atoms with E-state index in [1.54, 1.807) is 6.26 Å². The summed E-state index contributed by atoms with van der Waals surface area (Å²) in [6.07, 6.45) is 2.08. The molecule has 0 aliphatic carbocycles. The molecular formula is C15H25NO3S. The zero-order chi connectivity index (χ0) is 15.0. The fourth-order valence-electron chi connectivity index (χ4n) is 1.68. The van der Waals surface area contributed by atoms with Crippen LogP contribution in [0.2, 0.25) is 0 Å². The van der Waals surface area contributed by atoms with Crippen LogP contribution < -0.4 is 10.1 Å². The summed E-state index contributed by atoms with van der Waals surface area (Å²) in [6, 6.07) is 7.89. The first-order valence-corrected chi connectivity index (χ1v) is 8.57. The number of ether oxygens (including phenoxy) is 1. The van der Waals surface area contributed by atoms with Crippen molar-refractivity contribution in [1.29, 1.82) is 0 Å².